The largest absolute Gasteiger partial charge is 0.389 e. The van der Waals surface area contributed by atoms with Crippen molar-refractivity contribution in [3.8, 4) is 0 Å². The summed E-state index contributed by atoms with van der Waals surface area (Å²) in [5.74, 6) is 0.755. The molecule has 98 valence electrons. The molecule has 0 amide bonds. The average molecular weight is 263 g/mol. The van der Waals surface area contributed by atoms with Crippen molar-refractivity contribution in [2.75, 3.05) is 32.0 Å². The summed E-state index contributed by atoms with van der Waals surface area (Å²) in [6.07, 6.45) is 1.29. The number of nitrogens with zero attached hydrogens (tertiary/aromatic N) is 1. The smallest absolute Gasteiger partial charge is 0.104 e. The van der Waals surface area contributed by atoms with Crippen molar-refractivity contribution >= 4 is 22.9 Å². The number of benzene rings is 1. The molecule has 0 aromatic heterocycles. The average Bonchev–Trinajstić information content (AvgIpc) is 2.72. The van der Waals surface area contributed by atoms with Gasteiger partial charge in [0.05, 0.1) is 0 Å². The molecule has 1 heterocycles. The van der Waals surface area contributed by atoms with Crippen LogP contribution < -0.4 is 11.1 Å². The number of likely N-dealkylation sites (tertiary alicyclic amines) is 1. The normalized spacial score (nSPS) is 20.0. The Morgan fingerprint density at radius 3 is 2.89 bits per heavy atom. The van der Waals surface area contributed by atoms with Crippen molar-refractivity contribution in [3.05, 3.63) is 29.3 Å². The zero-order valence-corrected chi connectivity index (χ0v) is 11.9. The standard InChI is InChI=1S/C14H21N3S/c1-10-7-12(3-4-13(10)14(15)18)16-8-11-5-6-17(2)9-11/h3-4,7,11,16H,5-6,8-9H2,1-2H3,(H2,15,18). The second-order valence-corrected chi connectivity index (χ2v) is 5.63. The van der Waals surface area contributed by atoms with Crippen molar-refractivity contribution in [1.82, 2.24) is 4.90 Å². The minimum absolute atomic E-state index is 0.469. The van der Waals surface area contributed by atoms with Crippen LogP contribution in [0.3, 0.4) is 0 Å². The first-order chi connectivity index (χ1) is 8.56. The van der Waals surface area contributed by atoms with Crippen LogP contribution in [0, 0.1) is 12.8 Å². The molecule has 0 radical (unpaired) electrons. The highest BCUT2D eigenvalue weighted by atomic mass is 32.1. The van der Waals surface area contributed by atoms with Gasteiger partial charge in [-0.3, -0.25) is 0 Å². The Bertz CT molecular complexity index is 445. The molecule has 4 heteroatoms. The Morgan fingerprint density at radius 2 is 2.33 bits per heavy atom. The second-order valence-electron chi connectivity index (χ2n) is 5.19. The summed E-state index contributed by atoms with van der Waals surface area (Å²) in [6, 6.07) is 6.17. The Hall–Kier alpha value is -1.13. The topological polar surface area (TPSA) is 41.3 Å². The minimum Gasteiger partial charge on any atom is -0.389 e. The maximum atomic E-state index is 5.66. The number of nitrogens with two attached hydrogens (primary N) is 1. The predicted octanol–water partition coefficient (Wildman–Crippen LogP) is 1.99. The molecule has 1 unspecified atom stereocenters. The molecule has 1 atom stereocenters. The van der Waals surface area contributed by atoms with Crippen molar-refractivity contribution in [2.24, 2.45) is 11.7 Å². The number of aryl methyl sites for hydroxylation is 1. The molecule has 3 N–H and O–H groups in total. The van der Waals surface area contributed by atoms with E-state index in [4.69, 9.17) is 18.0 Å². The summed E-state index contributed by atoms with van der Waals surface area (Å²) in [4.78, 5) is 2.85. The SMILES string of the molecule is Cc1cc(NCC2CCN(C)C2)ccc1C(N)=S. The molecular weight excluding hydrogens is 242 g/mol. The lowest BCUT2D eigenvalue weighted by Gasteiger charge is -2.14. The highest BCUT2D eigenvalue weighted by molar-refractivity contribution is 7.80. The number of nitrogens with one attached hydrogen (secondary N) is 1. The summed E-state index contributed by atoms with van der Waals surface area (Å²) in [7, 11) is 2.18. The summed E-state index contributed by atoms with van der Waals surface area (Å²) in [5, 5.41) is 3.50. The van der Waals surface area contributed by atoms with E-state index in [1.54, 1.807) is 0 Å². The predicted molar refractivity (Wildman–Crippen MR) is 81.2 cm³/mol. The lowest BCUT2D eigenvalue weighted by atomic mass is 10.1. The van der Waals surface area contributed by atoms with Gasteiger partial charge in [0, 0.05) is 24.3 Å². The number of rotatable bonds is 4. The molecule has 0 aliphatic carbocycles. The van der Waals surface area contributed by atoms with Crippen LogP contribution in [-0.2, 0) is 0 Å². The van der Waals surface area contributed by atoms with Gasteiger partial charge in [-0.2, -0.15) is 0 Å². The summed E-state index contributed by atoms with van der Waals surface area (Å²) < 4.78 is 0. The van der Waals surface area contributed by atoms with Crippen LogP contribution in [0.15, 0.2) is 18.2 Å². The van der Waals surface area contributed by atoms with Crippen molar-refractivity contribution in [3.63, 3.8) is 0 Å². The zero-order valence-electron chi connectivity index (χ0n) is 11.1. The van der Waals surface area contributed by atoms with Gasteiger partial charge in [0.1, 0.15) is 4.99 Å². The lowest BCUT2D eigenvalue weighted by Crippen LogP contribution is -2.19. The molecule has 1 aliphatic rings. The Kier molecular flexibility index (Phi) is 4.19. The fraction of sp³-hybridized carbons (Fsp3) is 0.500. The summed E-state index contributed by atoms with van der Waals surface area (Å²) in [5.41, 5.74) is 8.92. The molecule has 1 aromatic rings. The third kappa shape index (κ3) is 3.21. The van der Waals surface area contributed by atoms with Crippen LogP contribution in [0.1, 0.15) is 17.5 Å². The van der Waals surface area contributed by atoms with Gasteiger partial charge in [-0.1, -0.05) is 12.2 Å². The van der Waals surface area contributed by atoms with E-state index < -0.39 is 0 Å². The molecule has 1 fully saturated rings. The molecule has 0 spiro atoms. The highest BCUT2D eigenvalue weighted by Crippen LogP contribution is 2.18. The van der Waals surface area contributed by atoms with E-state index in [0.717, 1.165) is 29.3 Å². The molecule has 3 nitrogen and oxygen atoms in total. The Labute approximate surface area is 114 Å². The third-order valence-corrected chi connectivity index (χ3v) is 3.80. The quantitative estimate of drug-likeness (QED) is 0.815. The summed E-state index contributed by atoms with van der Waals surface area (Å²) in [6.45, 7) is 5.49. The van der Waals surface area contributed by atoms with Crippen LogP contribution in [-0.4, -0.2) is 36.6 Å². The van der Waals surface area contributed by atoms with Gasteiger partial charge in [0.25, 0.3) is 0 Å². The molecular formula is C14H21N3S. The fourth-order valence-corrected chi connectivity index (χ4v) is 2.73. The number of anilines is 1. The zero-order chi connectivity index (χ0) is 13.1. The Balaban J connectivity index is 1.94. The van der Waals surface area contributed by atoms with Gasteiger partial charge in [0.2, 0.25) is 0 Å². The van der Waals surface area contributed by atoms with Crippen LogP contribution >= 0.6 is 12.2 Å². The first-order valence-electron chi connectivity index (χ1n) is 6.39. The Morgan fingerprint density at radius 1 is 1.56 bits per heavy atom. The molecule has 1 aromatic carbocycles. The van der Waals surface area contributed by atoms with Crippen molar-refractivity contribution < 1.29 is 0 Å². The van der Waals surface area contributed by atoms with Crippen LogP contribution in [0.4, 0.5) is 5.69 Å². The number of hydrogen-bond donors (Lipinski definition) is 2. The van der Waals surface area contributed by atoms with Gasteiger partial charge >= 0.3 is 0 Å². The van der Waals surface area contributed by atoms with Crippen LogP contribution in [0.25, 0.3) is 0 Å². The van der Waals surface area contributed by atoms with Gasteiger partial charge in [-0.15, -0.1) is 0 Å². The van der Waals surface area contributed by atoms with E-state index in [9.17, 15) is 0 Å². The lowest BCUT2D eigenvalue weighted by molar-refractivity contribution is 0.399. The van der Waals surface area contributed by atoms with Crippen molar-refractivity contribution in [2.45, 2.75) is 13.3 Å². The van der Waals surface area contributed by atoms with E-state index in [1.807, 2.05) is 13.0 Å². The van der Waals surface area contributed by atoms with Gasteiger partial charge in [-0.05, 0) is 56.6 Å². The first kappa shape index (κ1) is 13.3. The van der Waals surface area contributed by atoms with Gasteiger partial charge in [0.15, 0.2) is 0 Å². The number of thiocarbonyl (C=S) groups is 1. The van der Waals surface area contributed by atoms with E-state index in [2.05, 4.69) is 29.4 Å². The molecule has 2 rings (SSSR count). The van der Waals surface area contributed by atoms with Gasteiger partial charge < -0.3 is 16.0 Å². The van der Waals surface area contributed by atoms with Crippen molar-refractivity contribution in [1.29, 1.82) is 0 Å². The van der Waals surface area contributed by atoms with E-state index >= 15 is 0 Å². The highest BCUT2D eigenvalue weighted by Gasteiger charge is 2.18. The van der Waals surface area contributed by atoms with Crippen LogP contribution in [0.2, 0.25) is 0 Å². The maximum absolute atomic E-state index is 5.66. The number of hydrogen-bond acceptors (Lipinski definition) is 3. The third-order valence-electron chi connectivity index (χ3n) is 3.58. The fourth-order valence-electron chi connectivity index (χ4n) is 2.51. The molecule has 1 saturated heterocycles. The monoisotopic (exact) mass is 263 g/mol. The second kappa shape index (κ2) is 5.67. The summed E-state index contributed by atoms with van der Waals surface area (Å²) >= 11 is 5.01. The minimum atomic E-state index is 0.469. The maximum Gasteiger partial charge on any atom is 0.104 e. The molecule has 18 heavy (non-hydrogen) atoms. The van der Waals surface area contributed by atoms with E-state index in [-0.39, 0.29) is 0 Å². The molecule has 1 aliphatic heterocycles. The first-order valence-corrected chi connectivity index (χ1v) is 6.80. The van der Waals surface area contributed by atoms with E-state index in [0.29, 0.717) is 4.99 Å². The molecule has 0 saturated carbocycles. The van der Waals surface area contributed by atoms with Crippen LogP contribution in [0.5, 0.6) is 0 Å². The van der Waals surface area contributed by atoms with Gasteiger partial charge in [-0.25, -0.2) is 0 Å². The van der Waals surface area contributed by atoms with E-state index in [1.165, 1.54) is 19.5 Å². The molecule has 0 bridgehead atoms.